The maximum atomic E-state index is 13.1. The topological polar surface area (TPSA) is 214 Å². The highest BCUT2D eigenvalue weighted by Crippen LogP contribution is 2.27. The number of carbonyl (C=O) groups is 1. The first-order valence-corrected chi connectivity index (χ1v) is 29.6. The van der Waals surface area contributed by atoms with Crippen molar-refractivity contribution in [2.75, 3.05) is 33.0 Å². The predicted octanol–water partition coefficient (Wildman–Crippen LogP) is 10.5. The van der Waals surface area contributed by atoms with Crippen LogP contribution in [0.25, 0.3) is 0 Å². The number of hydrogen-bond donors (Lipinski definition) is 7. The van der Waals surface area contributed by atoms with Crippen LogP contribution in [-0.2, 0) is 33.2 Å². The molecule has 0 aromatic carbocycles. The molecule has 0 saturated carbocycles. The van der Waals surface area contributed by atoms with E-state index in [0.29, 0.717) is 13.0 Å². The molecule has 0 aromatic rings. The van der Waals surface area contributed by atoms with Gasteiger partial charge in [0.1, 0.15) is 54.9 Å². The molecule has 428 valence electrons. The van der Waals surface area contributed by atoms with Crippen molar-refractivity contribution in [3.63, 3.8) is 0 Å². The fraction of sp³-hybridized carbons (Fsp3) is 0.881. The monoisotopic (exact) mass is 1040 g/mol. The molecule has 73 heavy (non-hydrogen) atoms. The molecule has 2 aliphatic rings. The fourth-order valence-corrected chi connectivity index (χ4v) is 9.35. The average Bonchev–Trinajstić information content (AvgIpc) is 3.39. The number of allylic oxidation sites excluding steroid dienone is 6. The Bertz CT molecular complexity index is 1350. The standard InChI is InChI=1S/C59H108O14/c1-3-5-7-9-11-13-15-17-19-21-22-23-24-25-27-29-31-33-35-37-39-41-43-68-45-48(71-51(61)42-40-38-36-34-32-30-28-26-20-18-16-14-12-10-8-6-4-2)46-69-58-57(67)55(65)53(63)50(73-58)47-70-59-56(66)54(64)52(62)49(44-60)72-59/h15,17,21-22,24-25,48-50,52-60,62-67H,3-14,16,18-20,23,26-47H2,1-2H3/b17-15-,22-21-,25-24-. The summed E-state index contributed by atoms with van der Waals surface area (Å²) >= 11 is 0. The molecule has 0 amide bonds. The normalized spacial score (nSPS) is 25.2. The largest absolute Gasteiger partial charge is 0.457 e. The van der Waals surface area contributed by atoms with Crippen LogP contribution in [0, 0.1) is 0 Å². The summed E-state index contributed by atoms with van der Waals surface area (Å²) in [7, 11) is 0. The second-order valence-corrected chi connectivity index (χ2v) is 20.8. The van der Waals surface area contributed by atoms with Gasteiger partial charge in [-0.15, -0.1) is 0 Å². The van der Waals surface area contributed by atoms with Crippen molar-refractivity contribution in [2.45, 2.75) is 300 Å². The number of aliphatic hydroxyl groups is 7. The number of rotatable bonds is 48. The van der Waals surface area contributed by atoms with E-state index in [2.05, 4.69) is 50.3 Å². The molecule has 2 aliphatic heterocycles. The molecule has 0 aliphatic carbocycles. The van der Waals surface area contributed by atoms with Gasteiger partial charge in [0.25, 0.3) is 0 Å². The van der Waals surface area contributed by atoms with E-state index in [9.17, 15) is 40.5 Å². The Hall–Kier alpha value is -1.79. The van der Waals surface area contributed by atoms with Gasteiger partial charge in [-0.25, -0.2) is 0 Å². The lowest BCUT2D eigenvalue weighted by atomic mass is 9.98. The second kappa shape index (κ2) is 46.3. The van der Waals surface area contributed by atoms with E-state index >= 15 is 0 Å². The van der Waals surface area contributed by atoms with Gasteiger partial charge in [-0.1, -0.05) is 211 Å². The zero-order valence-corrected chi connectivity index (χ0v) is 45.9. The Kier molecular flexibility index (Phi) is 42.7. The van der Waals surface area contributed by atoms with Crippen LogP contribution in [0.1, 0.15) is 232 Å². The molecule has 14 nitrogen and oxygen atoms in total. The lowest BCUT2D eigenvalue weighted by Crippen LogP contribution is -2.61. The van der Waals surface area contributed by atoms with Gasteiger partial charge in [-0.3, -0.25) is 4.79 Å². The number of esters is 1. The maximum absolute atomic E-state index is 13.1. The van der Waals surface area contributed by atoms with Crippen molar-refractivity contribution >= 4 is 5.97 Å². The highest BCUT2D eigenvalue weighted by molar-refractivity contribution is 5.69. The van der Waals surface area contributed by atoms with Crippen LogP contribution in [0.4, 0.5) is 0 Å². The molecule has 11 unspecified atom stereocenters. The van der Waals surface area contributed by atoms with Crippen molar-refractivity contribution in [1.29, 1.82) is 0 Å². The molecule has 2 rings (SSSR count). The summed E-state index contributed by atoms with van der Waals surface area (Å²) in [6.07, 6.45) is 37.7. The van der Waals surface area contributed by atoms with Gasteiger partial charge in [0, 0.05) is 13.0 Å². The van der Waals surface area contributed by atoms with E-state index in [4.69, 9.17) is 28.4 Å². The van der Waals surface area contributed by atoms with E-state index in [-0.39, 0.29) is 25.6 Å². The molecule has 0 aromatic heterocycles. The Morgan fingerprint density at radius 1 is 0.452 bits per heavy atom. The van der Waals surface area contributed by atoms with Gasteiger partial charge < -0.3 is 64.2 Å². The molecule has 2 heterocycles. The molecule has 0 radical (unpaired) electrons. The number of ether oxygens (including phenoxy) is 6. The lowest BCUT2D eigenvalue weighted by Gasteiger charge is -2.42. The van der Waals surface area contributed by atoms with Gasteiger partial charge in [0.2, 0.25) is 0 Å². The third-order valence-corrected chi connectivity index (χ3v) is 14.2. The first kappa shape index (κ1) is 67.3. The van der Waals surface area contributed by atoms with E-state index in [1.807, 2.05) is 0 Å². The average molecular weight is 1040 g/mol. The molecule has 14 heteroatoms. The zero-order chi connectivity index (χ0) is 53.0. The molecule has 2 fully saturated rings. The Morgan fingerprint density at radius 2 is 0.849 bits per heavy atom. The van der Waals surface area contributed by atoms with E-state index in [0.717, 1.165) is 57.8 Å². The summed E-state index contributed by atoms with van der Waals surface area (Å²) in [4.78, 5) is 13.1. The van der Waals surface area contributed by atoms with Crippen LogP contribution in [0.2, 0.25) is 0 Å². The Morgan fingerprint density at radius 3 is 1.33 bits per heavy atom. The molecule has 11 atom stereocenters. The summed E-state index contributed by atoms with van der Waals surface area (Å²) in [5.74, 6) is -0.376. The van der Waals surface area contributed by atoms with E-state index < -0.39 is 80.7 Å². The van der Waals surface area contributed by atoms with Crippen LogP contribution >= 0.6 is 0 Å². The van der Waals surface area contributed by atoms with E-state index in [1.54, 1.807) is 0 Å². The third kappa shape index (κ3) is 33.2. The molecule has 7 N–H and O–H groups in total. The van der Waals surface area contributed by atoms with Crippen molar-refractivity contribution < 1.29 is 69.0 Å². The maximum Gasteiger partial charge on any atom is 0.306 e. The second-order valence-electron chi connectivity index (χ2n) is 20.8. The summed E-state index contributed by atoms with van der Waals surface area (Å²) in [5.41, 5.74) is 0. The number of hydrogen-bond acceptors (Lipinski definition) is 14. The van der Waals surface area contributed by atoms with Gasteiger partial charge >= 0.3 is 5.97 Å². The van der Waals surface area contributed by atoms with Gasteiger partial charge in [-0.05, 0) is 51.4 Å². The summed E-state index contributed by atoms with van der Waals surface area (Å²) < 4.78 is 34.4. The van der Waals surface area contributed by atoms with Crippen LogP contribution in [0.5, 0.6) is 0 Å². The minimum Gasteiger partial charge on any atom is -0.457 e. The molecule has 2 saturated heterocycles. The van der Waals surface area contributed by atoms with Crippen molar-refractivity contribution in [1.82, 2.24) is 0 Å². The van der Waals surface area contributed by atoms with Crippen LogP contribution in [0.3, 0.4) is 0 Å². The van der Waals surface area contributed by atoms with Crippen LogP contribution in [0.15, 0.2) is 36.5 Å². The quantitative estimate of drug-likeness (QED) is 0.0172. The molecular formula is C59H108O14. The summed E-state index contributed by atoms with van der Waals surface area (Å²) in [6, 6.07) is 0. The SMILES string of the molecule is CCCCCCC/C=C\C/C=C\C/C=C\CCCCCCCCCOCC(COC1OC(COC2OC(CO)C(O)C(O)C2O)C(O)C(O)C1O)OC(=O)CCCCCCCCCCCCCCCCCCC. The molecule has 0 spiro atoms. The van der Waals surface area contributed by atoms with Gasteiger partial charge in [0.05, 0.1) is 26.4 Å². The highest BCUT2D eigenvalue weighted by Gasteiger charge is 2.47. The predicted molar refractivity (Wildman–Crippen MR) is 289 cm³/mol. The first-order chi connectivity index (χ1) is 35.6. The van der Waals surface area contributed by atoms with Crippen LogP contribution in [-0.4, -0.2) is 142 Å². The van der Waals surface area contributed by atoms with Gasteiger partial charge in [0.15, 0.2) is 12.6 Å². The number of carbonyl (C=O) groups excluding carboxylic acids is 1. The number of aliphatic hydroxyl groups excluding tert-OH is 7. The Labute approximate surface area is 442 Å². The van der Waals surface area contributed by atoms with Gasteiger partial charge in [-0.2, -0.15) is 0 Å². The molecular weight excluding hydrogens is 933 g/mol. The minimum absolute atomic E-state index is 0.0576. The number of unbranched alkanes of at least 4 members (excludes halogenated alkanes) is 28. The fourth-order valence-electron chi connectivity index (χ4n) is 9.35. The van der Waals surface area contributed by atoms with Crippen molar-refractivity contribution in [3.8, 4) is 0 Å². The minimum atomic E-state index is -1.71. The van der Waals surface area contributed by atoms with Crippen molar-refractivity contribution in [3.05, 3.63) is 36.5 Å². The molecule has 0 bridgehead atoms. The summed E-state index contributed by atoms with van der Waals surface area (Å²) in [5, 5.41) is 72.3. The smallest absolute Gasteiger partial charge is 0.306 e. The third-order valence-electron chi connectivity index (χ3n) is 14.2. The van der Waals surface area contributed by atoms with Crippen molar-refractivity contribution in [2.24, 2.45) is 0 Å². The zero-order valence-electron chi connectivity index (χ0n) is 45.9. The Balaban J connectivity index is 1.71. The van der Waals surface area contributed by atoms with E-state index in [1.165, 1.54) is 148 Å². The lowest BCUT2D eigenvalue weighted by molar-refractivity contribution is -0.332. The summed E-state index contributed by atoms with van der Waals surface area (Å²) in [6.45, 7) is 3.69. The highest BCUT2D eigenvalue weighted by atomic mass is 16.7. The first-order valence-electron chi connectivity index (χ1n) is 29.6. The van der Waals surface area contributed by atoms with Crippen LogP contribution < -0.4 is 0 Å².